The first-order chi connectivity index (χ1) is 10.7. The molecule has 0 aromatic heterocycles. The maximum absolute atomic E-state index is 12.4. The van der Waals surface area contributed by atoms with E-state index in [0.717, 1.165) is 49.9 Å². The molecule has 1 aromatic carbocycles. The van der Waals surface area contributed by atoms with Gasteiger partial charge in [0.1, 0.15) is 0 Å². The lowest BCUT2D eigenvalue weighted by Crippen LogP contribution is -2.31. The van der Waals surface area contributed by atoms with Gasteiger partial charge in [-0.3, -0.25) is 9.59 Å². The van der Waals surface area contributed by atoms with Crippen LogP contribution >= 0.6 is 0 Å². The van der Waals surface area contributed by atoms with E-state index in [2.05, 4.69) is 12.2 Å². The molecule has 4 nitrogen and oxygen atoms in total. The van der Waals surface area contributed by atoms with E-state index in [0.29, 0.717) is 6.54 Å². The standard InChI is InChI=1S/C18H26N2O2/c1-3-5-12-20(4-2)18(22)16-8-6-14(7-9-16)13-19-17(21)15-10-11-15/h6-9,15H,3-5,10-13H2,1-2H3,(H,19,21). The van der Waals surface area contributed by atoms with Crippen LogP contribution in [0.3, 0.4) is 0 Å². The summed E-state index contributed by atoms with van der Waals surface area (Å²) in [7, 11) is 0. The topological polar surface area (TPSA) is 49.4 Å². The van der Waals surface area contributed by atoms with Crippen molar-refractivity contribution in [2.24, 2.45) is 5.92 Å². The number of rotatable bonds is 8. The molecule has 120 valence electrons. The van der Waals surface area contributed by atoms with Gasteiger partial charge in [0.2, 0.25) is 5.91 Å². The van der Waals surface area contributed by atoms with E-state index in [4.69, 9.17) is 0 Å². The van der Waals surface area contributed by atoms with Gasteiger partial charge in [-0.2, -0.15) is 0 Å². The Labute approximate surface area is 132 Å². The molecule has 22 heavy (non-hydrogen) atoms. The van der Waals surface area contributed by atoms with Crippen molar-refractivity contribution >= 4 is 11.8 Å². The number of benzene rings is 1. The normalized spacial score (nSPS) is 13.7. The van der Waals surface area contributed by atoms with Crippen LogP contribution in [0.5, 0.6) is 0 Å². The smallest absolute Gasteiger partial charge is 0.253 e. The Kier molecular flexibility index (Phi) is 5.99. The van der Waals surface area contributed by atoms with Gasteiger partial charge in [0.15, 0.2) is 0 Å². The predicted molar refractivity (Wildman–Crippen MR) is 87.5 cm³/mol. The summed E-state index contributed by atoms with van der Waals surface area (Å²) in [4.78, 5) is 25.9. The van der Waals surface area contributed by atoms with Gasteiger partial charge < -0.3 is 10.2 Å². The fraction of sp³-hybridized carbons (Fsp3) is 0.556. The van der Waals surface area contributed by atoms with Crippen molar-refractivity contribution in [3.05, 3.63) is 35.4 Å². The monoisotopic (exact) mass is 302 g/mol. The molecule has 0 bridgehead atoms. The fourth-order valence-electron chi connectivity index (χ4n) is 2.38. The Balaban J connectivity index is 1.89. The van der Waals surface area contributed by atoms with Gasteiger partial charge >= 0.3 is 0 Å². The Morgan fingerprint density at radius 1 is 1.18 bits per heavy atom. The summed E-state index contributed by atoms with van der Waals surface area (Å²) in [5.74, 6) is 0.471. The van der Waals surface area contributed by atoms with Gasteiger partial charge in [0.05, 0.1) is 0 Å². The molecule has 4 heteroatoms. The molecule has 0 heterocycles. The molecule has 0 unspecified atom stereocenters. The lowest BCUT2D eigenvalue weighted by molar-refractivity contribution is -0.122. The molecular formula is C18H26N2O2. The van der Waals surface area contributed by atoms with Gasteiger partial charge in [-0.1, -0.05) is 25.5 Å². The first-order valence-electron chi connectivity index (χ1n) is 8.31. The molecule has 2 amide bonds. The van der Waals surface area contributed by atoms with Crippen molar-refractivity contribution in [1.29, 1.82) is 0 Å². The zero-order valence-corrected chi connectivity index (χ0v) is 13.6. The van der Waals surface area contributed by atoms with E-state index in [1.165, 1.54) is 0 Å². The van der Waals surface area contributed by atoms with Crippen molar-refractivity contribution < 1.29 is 9.59 Å². The number of hydrogen-bond donors (Lipinski definition) is 1. The highest BCUT2D eigenvalue weighted by atomic mass is 16.2. The van der Waals surface area contributed by atoms with Crippen LogP contribution < -0.4 is 5.32 Å². The summed E-state index contributed by atoms with van der Waals surface area (Å²) >= 11 is 0. The van der Waals surface area contributed by atoms with Crippen molar-refractivity contribution in [2.45, 2.75) is 46.1 Å². The van der Waals surface area contributed by atoms with E-state index < -0.39 is 0 Å². The number of nitrogens with zero attached hydrogens (tertiary/aromatic N) is 1. The lowest BCUT2D eigenvalue weighted by atomic mass is 10.1. The number of nitrogens with one attached hydrogen (secondary N) is 1. The van der Waals surface area contributed by atoms with Crippen molar-refractivity contribution in [2.75, 3.05) is 13.1 Å². The van der Waals surface area contributed by atoms with E-state index >= 15 is 0 Å². The second-order valence-electron chi connectivity index (χ2n) is 5.93. The van der Waals surface area contributed by atoms with Crippen LogP contribution in [-0.2, 0) is 11.3 Å². The maximum atomic E-state index is 12.4. The largest absolute Gasteiger partial charge is 0.352 e. The molecule has 0 radical (unpaired) electrons. The van der Waals surface area contributed by atoms with Gasteiger partial charge in [-0.15, -0.1) is 0 Å². The minimum atomic E-state index is 0.0875. The van der Waals surface area contributed by atoms with E-state index in [1.807, 2.05) is 36.1 Å². The molecule has 0 atom stereocenters. The average molecular weight is 302 g/mol. The van der Waals surface area contributed by atoms with Crippen LogP contribution in [0.15, 0.2) is 24.3 Å². The molecule has 0 aliphatic heterocycles. The molecular weight excluding hydrogens is 276 g/mol. The van der Waals surface area contributed by atoms with Crippen molar-refractivity contribution in [3.63, 3.8) is 0 Å². The third-order valence-corrected chi connectivity index (χ3v) is 4.07. The minimum absolute atomic E-state index is 0.0875. The third kappa shape index (κ3) is 4.58. The highest BCUT2D eigenvalue weighted by Gasteiger charge is 2.29. The zero-order chi connectivity index (χ0) is 15.9. The van der Waals surface area contributed by atoms with Gasteiger partial charge in [-0.05, 0) is 43.9 Å². The SMILES string of the molecule is CCCCN(CC)C(=O)c1ccc(CNC(=O)C2CC2)cc1. The van der Waals surface area contributed by atoms with Crippen molar-refractivity contribution in [1.82, 2.24) is 10.2 Å². The van der Waals surface area contributed by atoms with E-state index in [1.54, 1.807) is 0 Å². The number of carbonyl (C=O) groups excluding carboxylic acids is 2. The minimum Gasteiger partial charge on any atom is -0.352 e. The predicted octanol–water partition coefficient (Wildman–Crippen LogP) is 2.98. The number of amides is 2. The first kappa shape index (κ1) is 16.5. The first-order valence-corrected chi connectivity index (χ1v) is 8.31. The quantitative estimate of drug-likeness (QED) is 0.802. The van der Waals surface area contributed by atoms with Gasteiger partial charge in [0, 0.05) is 31.1 Å². The molecule has 1 aliphatic carbocycles. The molecule has 1 fully saturated rings. The van der Waals surface area contributed by atoms with Crippen LogP contribution in [0.2, 0.25) is 0 Å². The molecule has 2 rings (SSSR count). The molecule has 1 saturated carbocycles. The summed E-state index contributed by atoms with van der Waals surface area (Å²) in [6.07, 6.45) is 4.15. The zero-order valence-electron chi connectivity index (χ0n) is 13.6. The lowest BCUT2D eigenvalue weighted by Gasteiger charge is -2.20. The highest BCUT2D eigenvalue weighted by molar-refractivity contribution is 5.94. The van der Waals surface area contributed by atoms with Crippen LogP contribution in [-0.4, -0.2) is 29.8 Å². The Morgan fingerprint density at radius 3 is 2.41 bits per heavy atom. The van der Waals surface area contributed by atoms with Gasteiger partial charge in [-0.25, -0.2) is 0 Å². The summed E-state index contributed by atoms with van der Waals surface area (Å²) in [5.41, 5.74) is 1.75. The second kappa shape index (κ2) is 7.97. The summed E-state index contributed by atoms with van der Waals surface area (Å²) < 4.78 is 0. The number of unbranched alkanes of at least 4 members (excludes halogenated alkanes) is 1. The van der Waals surface area contributed by atoms with Crippen LogP contribution in [0.1, 0.15) is 55.5 Å². The highest BCUT2D eigenvalue weighted by Crippen LogP contribution is 2.28. The summed E-state index contributed by atoms with van der Waals surface area (Å²) in [5, 5.41) is 2.94. The maximum Gasteiger partial charge on any atom is 0.253 e. The Bertz CT molecular complexity index is 506. The van der Waals surface area contributed by atoms with Crippen molar-refractivity contribution in [3.8, 4) is 0 Å². The summed E-state index contributed by atoms with van der Waals surface area (Å²) in [6, 6.07) is 7.56. The van der Waals surface area contributed by atoms with Crippen LogP contribution in [0, 0.1) is 5.92 Å². The summed E-state index contributed by atoms with van der Waals surface area (Å²) in [6.45, 7) is 6.22. The third-order valence-electron chi connectivity index (χ3n) is 4.07. The molecule has 0 spiro atoms. The Morgan fingerprint density at radius 2 is 1.86 bits per heavy atom. The number of carbonyl (C=O) groups is 2. The Hall–Kier alpha value is -1.84. The van der Waals surface area contributed by atoms with Crippen LogP contribution in [0.25, 0.3) is 0 Å². The second-order valence-corrected chi connectivity index (χ2v) is 5.93. The molecule has 1 N–H and O–H groups in total. The average Bonchev–Trinajstić information content (AvgIpc) is 3.38. The van der Waals surface area contributed by atoms with Gasteiger partial charge in [0.25, 0.3) is 5.91 Å². The molecule has 1 aromatic rings. The van der Waals surface area contributed by atoms with E-state index in [-0.39, 0.29) is 17.7 Å². The van der Waals surface area contributed by atoms with Crippen LogP contribution in [0.4, 0.5) is 0 Å². The van der Waals surface area contributed by atoms with E-state index in [9.17, 15) is 9.59 Å². The molecule has 1 aliphatic rings. The number of hydrogen-bond acceptors (Lipinski definition) is 2. The fourth-order valence-corrected chi connectivity index (χ4v) is 2.38. The molecule has 0 saturated heterocycles.